The molecule has 6 heteroatoms. The third-order valence-electron chi connectivity index (χ3n) is 10.6. The number of hydrogen-bond donors (Lipinski definition) is 4. The van der Waals surface area contributed by atoms with E-state index in [1.165, 1.54) is 19.3 Å². The molecule has 1 aliphatic carbocycles. The highest BCUT2D eigenvalue weighted by Crippen LogP contribution is 2.46. The molecule has 2 bridgehead atoms. The van der Waals surface area contributed by atoms with Crippen LogP contribution in [-0.4, -0.2) is 51.9 Å². The Morgan fingerprint density at radius 3 is 1.88 bits per heavy atom. The van der Waals surface area contributed by atoms with Gasteiger partial charge in [0.05, 0.1) is 11.6 Å². The maximum absolute atomic E-state index is 13.1. The summed E-state index contributed by atoms with van der Waals surface area (Å²) in [7, 11) is 0. The molecule has 3 fully saturated rings. The lowest BCUT2D eigenvalue weighted by atomic mass is 9.79. The van der Waals surface area contributed by atoms with Gasteiger partial charge in [0.25, 0.3) is 0 Å². The van der Waals surface area contributed by atoms with E-state index in [-0.39, 0.29) is 12.1 Å². The summed E-state index contributed by atoms with van der Waals surface area (Å²) >= 11 is 0. The Balaban J connectivity index is 0.977. The summed E-state index contributed by atoms with van der Waals surface area (Å²) in [5.74, 6) is 0.677. The monoisotopic (exact) mass is 581 g/mol. The van der Waals surface area contributed by atoms with Crippen molar-refractivity contribution in [2.75, 3.05) is 6.54 Å². The lowest BCUT2D eigenvalue weighted by Crippen LogP contribution is -2.54. The molecule has 6 nitrogen and oxygen atoms in total. The van der Waals surface area contributed by atoms with Crippen LogP contribution in [0.1, 0.15) is 81.4 Å². The van der Waals surface area contributed by atoms with Crippen LogP contribution in [0.5, 0.6) is 0 Å². The highest BCUT2D eigenvalue weighted by molar-refractivity contribution is 5.75. The van der Waals surface area contributed by atoms with Gasteiger partial charge in [-0.15, -0.1) is 0 Å². The van der Waals surface area contributed by atoms with Gasteiger partial charge in [-0.1, -0.05) is 91.0 Å². The summed E-state index contributed by atoms with van der Waals surface area (Å²) in [6, 6.07) is 29.7. The molecule has 2 saturated heterocycles. The lowest BCUT2D eigenvalue weighted by molar-refractivity contribution is -0.0582. The first kappa shape index (κ1) is 29.9. The van der Waals surface area contributed by atoms with Crippen LogP contribution in [-0.2, 0) is 11.2 Å². The first-order valence-corrected chi connectivity index (χ1v) is 16.3. The summed E-state index contributed by atoms with van der Waals surface area (Å²) in [6.45, 7) is 2.98. The maximum atomic E-state index is 13.1. The van der Waals surface area contributed by atoms with Crippen molar-refractivity contribution >= 4 is 6.03 Å². The molecular weight excluding hydrogens is 534 g/mol. The van der Waals surface area contributed by atoms with Gasteiger partial charge in [-0.3, -0.25) is 4.90 Å². The van der Waals surface area contributed by atoms with Crippen molar-refractivity contribution in [2.45, 2.75) is 100 Å². The molecule has 2 amide bonds. The summed E-state index contributed by atoms with van der Waals surface area (Å²) in [5, 5.41) is 29.7. The van der Waals surface area contributed by atoms with Crippen molar-refractivity contribution in [1.29, 1.82) is 0 Å². The molecule has 1 unspecified atom stereocenters. The molecule has 43 heavy (non-hydrogen) atoms. The maximum Gasteiger partial charge on any atom is 0.315 e. The number of fused-ring (bicyclic) bond motifs is 2. The fraction of sp³-hybridized carbons (Fsp3) is 0.486. The van der Waals surface area contributed by atoms with Gasteiger partial charge in [-0.05, 0) is 93.9 Å². The number of carbonyl (C=O) groups is 1. The van der Waals surface area contributed by atoms with Gasteiger partial charge in [0, 0.05) is 18.1 Å². The number of carbonyl (C=O) groups excluding carboxylic acids is 1. The van der Waals surface area contributed by atoms with Gasteiger partial charge in [-0.25, -0.2) is 4.79 Å². The number of urea groups is 1. The fourth-order valence-corrected chi connectivity index (χ4v) is 8.17. The summed E-state index contributed by atoms with van der Waals surface area (Å²) in [4.78, 5) is 15.8. The molecule has 2 heterocycles. The van der Waals surface area contributed by atoms with Crippen LogP contribution < -0.4 is 10.6 Å². The zero-order chi connectivity index (χ0) is 29.9. The Bertz CT molecular complexity index is 1270. The largest absolute Gasteiger partial charge is 0.385 e. The van der Waals surface area contributed by atoms with Crippen LogP contribution in [0.15, 0.2) is 91.0 Å². The molecule has 6 rings (SSSR count). The smallest absolute Gasteiger partial charge is 0.315 e. The van der Waals surface area contributed by atoms with Crippen LogP contribution in [0.2, 0.25) is 0 Å². The molecule has 0 aromatic heterocycles. The third-order valence-corrected chi connectivity index (χ3v) is 10.6. The highest BCUT2D eigenvalue weighted by atomic mass is 16.3. The predicted molar refractivity (Wildman–Crippen MR) is 170 cm³/mol. The lowest BCUT2D eigenvalue weighted by Gasteiger charge is -2.44. The topological polar surface area (TPSA) is 84.8 Å². The van der Waals surface area contributed by atoms with Crippen LogP contribution in [0.4, 0.5) is 4.79 Å². The van der Waals surface area contributed by atoms with Crippen LogP contribution >= 0.6 is 0 Å². The number of amides is 2. The number of hydrogen-bond acceptors (Lipinski definition) is 4. The molecule has 4 atom stereocenters. The molecule has 3 aromatic carbocycles. The van der Waals surface area contributed by atoms with Crippen molar-refractivity contribution in [3.8, 4) is 0 Å². The van der Waals surface area contributed by atoms with Gasteiger partial charge in [0.2, 0.25) is 0 Å². The SMILES string of the molecule is C[C@H](NC(=O)N[C@H]1CC[C@H](CCN2[C@@H]3CC[C@H]2CC(O)(c2ccccc2)C3)CC1)C(O)(c1ccccc1)c1ccccc1. The van der Waals surface area contributed by atoms with E-state index >= 15 is 0 Å². The molecule has 0 spiro atoms. The third kappa shape index (κ3) is 6.38. The van der Waals surface area contributed by atoms with Crippen molar-refractivity contribution in [3.63, 3.8) is 0 Å². The molecule has 0 radical (unpaired) electrons. The quantitative estimate of drug-likeness (QED) is 0.247. The number of nitrogens with one attached hydrogen (secondary N) is 2. The molecule has 3 aliphatic rings. The number of benzene rings is 3. The number of aliphatic hydroxyl groups is 2. The Labute approximate surface area is 256 Å². The van der Waals surface area contributed by atoms with Gasteiger partial charge < -0.3 is 20.8 Å². The van der Waals surface area contributed by atoms with Crippen molar-refractivity contribution < 1.29 is 15.0 Å². The van der Waals surface area contributed by atoms with Crippen molar-refractivity contribution in [3.05, 3.63) is 108 Å². The van der Waals surface area contributed by atoms with E-state index in [1.807, 2.05) is 85.8 Å². The summed E-state index contributed by atoms with van der Waals surface area (Å²) < 4.78 is 0. The van der Waals surface area contributed by atoms with Gasteiger partial charge in [0.15, 0.2) is 0 Å². The predicted octanol–water partition coefficient (Wildman–Crippen LogP) is 6.07. The number of rotatable bonds is 9. The highest BCUT2D eigenvalue weighted by Gasteiger charge is 2.48. The van der Waals surface area contributed by atoms with Crippen LogP contribution in [0, 0.1) is 5.92 Å². The van der Waals surface area contributed by atoms with E-state index in [0.29, 0.717) is 18.0 Å². The van der Waals surface area contributed by atoms with E-state index in [4.69, 9.17) is 0 Å². The number of piperidine rings is 1. The van der Waals surface area contributed by atoms with Crippen molar-refractivity contribution in [2.24, 2.45) is 5.92 Å². The van der Waals surface area contributed by atoms with Gasteiger partial charge in [0.1, 0.15) is 5.60 Å². The van der Waals surface area contributed by atoms with Gasteiger partial charge >= 0.3 is 6.03 Å². The van der Waals surface area contributed by atoms with Crippen LogP contribution in [0.25, 0.3) is 0 Å². The van der Waals surface area contributed by atoms with E-state index in [0.717, 1.165) is 61.8 Å². The average molecular weight is 582 g/mol. The molecule has 4 N–H and O–H groups in total. The minimum absolute atomic E-state index is 0.150. The minimum atomic E-state index is -1.35. The standard InChI is InChI=1S/C37H47N3O3/c1-27(37(43,30-13-7-3-8-14-30)31-15-9-4-10-16-31)38-35(41)39-32-19-17-28(18-20-32)23-24-40-33-21-22-34(40)26-36(42,25-33)29-11-5-2-6-12-29/h2-16,27-28,32-34,42-43H,17-26H2,1H3,(H2,38,39,41)/t27-,28-,32-,33-,34+,36?/m0/s1. The van der Waals surface area contributed by atoms with Gasteiger partial charge in [-0.2, -0.15) is 0 Å². The molecule has 1 saturated carbocycles. The van der Waals surface area contributed by atoms with Crippen molar-refractivity contribution in [1.82, 2.24) is 15.5 Å². The zero-order valence-corrected chi connectivity index (χ0v) is 25.4. The second-order valence-electron chi connectivity index (χ2n) is 13.3. The average Bonchev–Trinajstić information content (AvgIpc) is 3.30. The Morgan fingerprint density at radius 2 is 1.35 bits per heavy atom. The summed E-state index contributed by atoms with van der Waals surface area (Å²) in [6.07, 6.45) is 9.44. The molecular formula is C37H47N3O3. The van der Waals surface area contributed by atoms with E-state index < -0.39 is 17.2 Å². The van der Waals surface area contributed by atoms with E-state index in [9.17, 15) is 15.0 Å². The number of nitrogens with zero attached hydrogens (tertiary/aromatic N) is 1. The zero-order valence-electron chi connectivity index (χ0n) is 25.4. The molecule has 228 valence electrons. The Kier molecular flexibility index (Phi) is 8.90. The first-order valence-electron chi connectivity index (χ1n) is 16.3. The minimum Gasteiger partial charge on any atom is -0.385 e. The Morgan fingerprint density at radius 1 is 0.837 bits per heavy atom. The van der Waals surface area contributed by atoms with E-state index in [1.54, 1.807) is 0 Å². The van der Waals surface area contributed by atoms with E-state index in [2.05, 4.69) is 27.7 Å². The summed E-state index contributed by atoms with van der Waals surface area (Å²) in [5.41, 5.74) is 0.536. The molecule has 3 aromatic rings. The first-order chi connectivity index (χ1) is 20.8. The second-order valence-corrected chi connectivity index (χ2v) is 13.3. The Hall–Kier alpha value is -3.19. The van der Waals surface area contributed by atoms with Crippen LogP contribution in [0.3, 0.4) is 0 Å². The molecule has 2 aliphatic heterocycles. The fourth-order valence-electron chi connectivity index (χ4n) is 8.17. The normalized spacial score (nSPS) is 28.3. The second kappa shape index (κ2) is 12.8.